The molecule has 1 aromatic rings. The molecular weight excluding hydrogens is 221 g/mol. The summed E-state index contributed by atoms with van der Waals surface area (Å²) in [4.78, 5) is 2.01. The van der Waals surface area contributed by atoms with Crippen LogP contribution in [-0.4, -0.2) is 31.4 Å². The van der Waals surface area contributed by atoms with Gasteiger partial charge >= 0.3 is 0 Å². The first kappa shape index (κ1) is 12.3. The molecule has 1 heterocycles. The van der Waals surface area contributed by atoms with Gasteiger partial charge < -0.3 is 14.7 Å². The Hall–Kier alpha value is -1.13. The van der Waals surface area contributed by atoms with Crippen LogP contribution in [0.1, 0.15) is 18.4 Å². The summed E-state index contributed by atoms with van der Waals surface area (Å²) in [5.41, 5.74) is 1.48. The van der Waals surface area contributed by atoms with Crippen LogP contribution in [0.15, 0.2) is 18.2 Å². The van der Waals surface area contributed by atoms with Crippen LogP contribution in [0.25, 0.3) is 0 Å². The van der Waals surface area contributed by atoms with Gasteiger partial charge in [0.15, 0.2) is 0 Å². The third kappa shape index (κ3) is 2.96. The van der Waals surface area contributed by atoms with Crippen LogP contribution in [0.5, 0.6) is 0 Å². The Morgan fingerprint density at radius 3 is 3.00 bits per heavy atom. The van der Waals surface area contributed by atoms with Gasteiger partial charge in [-0.05, 0) is 31.0 Å². The van der Waals surface area contributed by atoms with E-state index in [2.05, 4.69) is 0 Å². The summed E-state index contributed by atoms with van der Waals surface area (Å²) < 4.78 is 18.6. The molecule has 0 spiro atoms. The fraction of sp³-hybridized carbons (Fsp3) is 0.538. The van der Waals surface area contributed by atoms with Gasteiger partial charge in [-0.25, -0.2) is 4.39 Å². The molecule has 1 aliphatic rings. The lowest BCUT2D eigenvalue weighted by atomic mass is 10.1. The van der Waals surface area contributed by atoms with Crippen molar-refractivity contribution in [1.82, 2.24) is 0 Å². The molecule has 17 heavy (non-hydrogen) atoms. The number of benzene rings is 1. The van der Waals surface area contributed by atoms with Crippen molar-refractivity contribution in [2.75, 3.05) is 25.1 Å². The Morgan fingerprint density at radius 2 is 2.35 bits per heavy atom. The van der Waals surface area contributed by atoms with Gasteiger partial charge in [-0.2, -0.15) is 0 Å². The fourth-order valence-corrected chi connectivity index (χ4v) is 2.25. The number of nitrogens with zero attached hydrogens (tertiary/aromatic N) is 1. The minimum Gasteiger partial charge on any atom is -0.392 e. The molecular formula is C13H18FNO2. The number of likely N-dealkylation sites (N-methyl/N-ethyl adjacent to an activating group) is 1. The summed E-state index contributed by atoms with van der Waals surface area (Å²) in [6.45, 7) is 1.45. The zero-order chi connectivity index (χ0) is 12.3. The van der Waals surface area contributed by atoms with E-state index in [0.29, 0.717) is 5.56 Å². The van der Waals surface area contributed by atoms with E-state index in [1.807, 2.05) is 11.9 Å². The Balaban J connectivity index is 2.09. The van der Waals surface area contributed by atoms with E-state index in [9.17, 15) is 9.50 Å². The van der Waals surface area contributed by atoms with Crippen molar-refractivity contribution in [3.8, 4) is 0 Å². The number of rotatable bonds is 4. The largest absolute Gasteiger partial charge is 0.392 e. The van der Waals surface area contributed by atoms with Crippen molar-refractivity contribution >= 4 is 5.69 Å². The molecule has 1 N–H and O–H groups in total. The van der Waals surface area contributed by atoms with Gasteiger partial charge in [0.1, 0.15) is 5.82 Å². The highest BCUT2D eigenvalue weighted by Gasteiger charge is 2.18. The maximum absolute atomic E-state index is 13.0. The molecule has 1 saturated heterocycles. The summed E-state index contributed by atoms with van der Waals surface area (Å²) in [7, 11) is 1.94. The first-order chi connectivity index (χ1) is 8.20. The lowest BCUT2D eigenvalue weighted by molar-refractivity contribution is 0.116. The average molecular weight is 239 g/mol. The SMILES string of the molecule is CN(CC1CCCO1)c1ccc(F)cc1CO. The van der Waals surface area contributed by atoms with Gasteiger partial charge in [0, 0.05) is 31.5 Å². The summed E-state index contributed by atoms with van der Waals surface area (Å²) in [6.07, 6.45) is 2.42. The van der Waals surface area contributed by atoms with Crippen LogP contribution in [0.3, 0.4) is 0 Å². The van der Waals surface area contributed by atoms with E-state index in [1.165, 1.54) is 12.1 Å². The molecule has 1 aliphatic heterocycles. The molecule has 0 amide bonds. The number of ether oxygens (including phenoxy) is 1. The fourth-order valence-electron chi connectivity index (χ4n) is 2.25. The summed E-state index contributed by atoms with van der Waals surface area (Å²) in [5.74, 6) is -0.316. The number of hydrogen-bond acceptors (Lipinski definition) is 3. The zero-order valence-corrected chi connectivity index (χ0v) is 10.0. The molecule has 94 valence electrons. The molecule has 2 rings (SSSR count). The smallest absolute Gasteiger partial charge is 0.123 e. The Labute approximate surface area is 101 Å². The van der Waals surface area contributed by atoms with Gasteiger partial charge in [-0.15, -0.1) is 0 Å². The van der Waals surface area contributed by atoms with Crippen LogP contribution >= 0.6 is 0 Å². The van der Waals surface area contributed by atoms with E-state index >= 15 is 0 Å². The molecule has 0 bridgehead atoms. The van der Waals surface area contributed by atoms with Crippen molar-refractivity contribution in [2.24, 2.45) is 0 Å². The second-order valence-electron chi connectivity index (χ2n) is 4.45. The normalized spacial score (nSPS) is 19.6. The summed E-state index contributed by atoms with van der Waals surface area (Å²) in [5, 5.41) is 9.23. The standard InChI is InChI=1S/C13H18FNO2/c1-15(8-12-3-2-6-17-12)13-5-4-11(14)7-10(13)9-16/h4-5,7,12,16H,2-3,6,8-9H2,1H3. The second kappa shape index (κ2) is 5.47. The van der Waals surface area contributed by atoms with Gasteiger partial charge in [0.2, 0.25) is 0 Å². The van der Waals surface area contributed by atoms with Crippen LogP contribution < -0.4 is 4.90 Å². The van der Waals surface area contributed by atoms with Crippen molar-refractivity contribution in [3.63, 3.8) is 0 Å². The van der Waals surface area contributed by atoms with Crippen molar-refractivity contribution < 1.29 is 14.2 Å². The molecule has 1 aromatic carbocycles. The first-order valence-electron chi connectivity index (χ1n) is 5.92. The topological polar surface area (TPSA) is 32.7 Å². The van der Waals surface area contributed by atoms with Crippen LogP contribution in [0.4, 0.5) is 10.1 Å². The van der Waals surface area contributed by atoms with Crippen LogP contribution in [0.2, 0.25) is 0 Å². The van der Waals surface area contributed by atoms with E-state index in [0.717, 1.165) is 31.7 Å². The number of aliphatic hydroxyl groups excluding tert-OH is 1. The molecule has 1 fully saturated rings. The highest BCUT2D eigenvalue weighted by Crippen LogP contribution is 2.23. The molecule has 0 saturated carbocycles. The molecule has 1 unspecified atom stereocenters. The maximum atomic E-state index is 13.0. The highest BCUT2D eigenvalue weighted by molar-refractivity contribution is 5.53. The minimum absolute atomic E-state index is 0.150. The monoisotopic (exact) mass is 239 g/mol. The molecule has 3 nitrogen and oxygen atoms in total. The lowest BCUT2D eigenvalue weighted by Crippen LogP contribution is -2.29. The van der Waals surface area contributed by atoms with Crippen molar-refractivity contribution in [1.29, 1.82) is 0 Å². The molecule has 0 aliphatic carbocycles. The van der Waals surface area contributed by atoms with E-state index in [-0.39, 0.29) is 18.5 Å². The lowest BCUT2D eigenvalue weighted by Gasteiger charge is -2.24. The van der Waals surface area contributed by atoms with Gasteiger partial charge in [0.05, 0.1) is 12.7 Å². The predicted molar refractivity (Wildman–Crippen MR) is 64.6 cm³/mol. The van der Waals surface area contributed by atoms with E-state index in [1.54, 1.807) is 6.07 Å². The second-order valence-corrected chi connectivity index (χ2v) is 4.45. The minimum atomic E-state index is -0.316. The first-order valence-corrected chi connectivity index (χ1v) is 5.92. The Bertz CT molecular complexity index is 378. The van der Waals surface area contributed by atoms with Gasteiger partial charge in [-0.3, -0.25) is 0 Å². The molecule has 0 aromatic heterocycles. The number of halogens is 1. The van der Waals surface area contributed by atoms with Gasteiger partial charge in [-0.1, -0.05) is 0 Å². The van der Waals surface area contributed by atoms with E-state index in [4.69, 9.17) is 4.74 Å². The zero-order valence-electron chi connectivity index (χ0n) is 10.0. The maximum Gasteiger partial charge on any atom is 0.123 e. The van der Waals surface area contributed by atoms with Crippen molar-refractivity contribution in [3.05, 3.63) is 29.6 Å². The number of hydrogen-bond donors (Lipinski definition) is 1. The van der Waals surface area contributed by atoms with Crippen LogP contribution in [0, 0.1) is 5.82 Å². The summed E-state index contributed by atoms with van der Waals surface area (Å²) >= 11 is 0. The quantitative estimate of drug-likeness (QED) is 0.871. The number of anilines is 1. The average Bonchev–Trinajstić information content (AvgIpc) is 2.81. The van der Waals surface area contributed by atoms with E-state index < -0.39 is 0 Å². The third-order valence-corrected chi connectivity index (χ3v) is 3.12. The number of aliphatic hydroxyl groups is 1. The molecule has 1 atom stereocenters. The van der Waals surface area contributed by atoms with Crippen LogP contribution in [-0.2, 0) is 11.3 Å². The predicted octanol–water partition coefficient (Wildman–Crippen LogP) is 1.93. The van der Waals surface area contributed by atoms with Crippen molar-refractivity contribution in [2.45, 2.75) is 25.6 Å². The third-order valence-electron chi connectivity index (χ3n) is 3.12. The summed E-state index contributed by atoms with van der Waals surface area (Å²) in [6, 6.07) is 4.50. The Morgan fingerprint density at radius 1 is 1.53 bits per heavy atom. The van der Waals surface area contributed by atoms with Gasteiger partial charge in [0.25, 0.3) is 0 Å². The molecule has 4 heteroatoms. The Kier molecular flexibility index (Phi) is 3.97. The molecule has 0 radical (unpaired) electrons. The highest BCUT2D eigenvalue weighted by atomic mass is 19.1.